The first kappa shape index (κ1) is 17.0. The zero-order valence-corrected chi connectivity index (χ0v) is 14.5. The number of aryl methyl sites for hydroxylation is 1. The summed E-state index contributed by atoms with van der Waals surface area (Å²) >= 11 is 5.92. The summed E-state index contributed by atoms with van der Waals surface area (Å²) < 4.78 is 0. The summed E-state index contributed by atoms with van der Waals surface area (Å²) in [5, 5.41) is 6.63. The molecule has 0 aliphatic carbocycles. The average molecular weight is 352 g/mol. The van der Waals surface area contributed by atoms with Crippen molar-refractivity contribution in [1.82, 2.24) is 4.98 Å². The van der Waals surface area contributed by atoms with E-state index in [1.54, 1.807) is 42.6 Å². The SMILES string of the molecule is Cc1cccc(CNc2ccc(C(=O)Nc3cccc(Cl)c3)cn2)c1. The Morgan fingerprint density at radius 2 is 1.92 bits per heavy atom. The van der Waals surface area contributed by atoms with Crippen LogP contribution in [0.2, 0.25) is 5.02 Å². The molecule has 0 unspecified atom stereocenters. The molecular weight excluding hydrogens is 334 g/mol. The quantitative estimate of drug-likeness (QED) is 0.686. The van der Waals surface area contributed by atoms with Crippen LogP contribution < -0.4 is 10.6 Å². The van der Waals surface area contributed by atoms with Crippen LogP contribution in [0.1, 0.15) is 21.5 Å². The molecule has 5 heteroatoms. The maximum Gasteiger partial charge on any atom is 0.257 e. The average Bonchev–Trinajstić information content (AvgIpc) is 2.60. The van der Waals surface area contributed by atoms with Gasteiger partial charge in [-0.15, -0.1) is 0 Å². The fraction of sp³-hybridized carbons (Fsp3) is 0.100. The Hall–Kier alpha value is -2.85. The summed E-state index contributed by atoms with van der Waals surface area (Å²) in [4.78, 5) is 16.5. The number of carbonyl (C=O) groups excluding carboxylic acids is 1. The normalized spacial score (nSPS) is 10.3. The number of rotatable bonds is 5. The van der Waals surface area contributed by atoms with E-state index in [9.17, 15) is 4.79 Å². The topological polar surface area (TPSA) is 54.0 Å². The highest BCUT2D eigenvalue weighted by molar-refractivity contribution is 6.30. The highest BCUT2D eigenvalue weighted by atomic mass is 35.5. The number of benzene rings is 2. The predicted octanol–water partition coefficient (Wildman–Crippen LogP) is 4.91. The molecule has 0 fully saturated rings. The minimum Gasteiger partial charge on any atom is -0.366 e. The van der Waals surface area contributed by atoms with Gasteiger partial charge in [0, 0.05) is 23.5 Å². The van der Waals surface area contributed by atoms with Gasteiger partial charge in [0.05, 0.1) is 5.56 Å². The standard InChI is InChI=1S/C20H18ClN3O/c1-14-4-2-5-15(10-14)12-22-19-9-8-16(13-23-19)20(25)24-18-7-3-6-17(21)11-18/h2-11,13H,12H2,1H3,(H,22,23)(H,24,25). The number of aromatic nitrogens is 1. The van der Waals surface area contributed by atoms with Crippen molar-refractivity contribution in [1.29, 1.82) is 0 Å². The second-order valence-corrected chi connectivity index (χ2v) is 6.18. The smallest absolute Gasteiger partial charge is 0.257 e. The van der Waals surface area contributed by atoms with Gasteiger partial charge in [-0.1, -0.05) is 47.5 Å². The number of halogens is 1. The molecule has 1 aromatic heterocycles. The van der Waals surface area contributed by atoms with Gasteiger partial charge in [0.25, 0.3) is 5.91 Å². The lowest BCUT2D eigenvalue weighted by Gasteiger charge is -2.08. The fourth-order valence-electron chi connectivity index (χ4n) is 2.42. The van der Waals surface area contributed by atoms with Crippen molar-refractivity contribution in [3.63, 3.8) is 0 Å². The molecule has 3 aromatic rings. The van der Waals surface area contributed by atoms with Gasteiger partial charge in [-0.25, -0.2) is 4.98 Å². The van der Waals surface area contributed by atoms with E-state index < -0.39 is 0 Å². The van der Waals surface area contributed by atoms with Crippen molar-refractivity contribution in [2.24, 2.45) is 0 Å². The monoisotopic (exact) mass is 351 g/mol. The maximum atomic E-state index is 12.2. The van der Waals surface area contributed by atoms with Gasteiger partial charge in [0.2, 0.25) is 0 Å². The lowest BCUT2D eigenvalue weighted by molar-refractivity contribution is 0.102. The number of nitrogens with zero attached hydrogens (tertiary/aromatic N) is 1. The molecule has 0 aliphatic heterocycles. The molecule has 3 rings (SSSR count). The summed E-state index contributed by atoms with van der Waals surface area (Å²) in [6.45, 7) is 2.75. The molecule has 1 heterocycles. The van der Waals surface area contributed by atoms with Crippen LogP contribution in [0.15, 0.2) is 66.9 Å². The molecule has 0 aliphatic rings. The number of amides is 1. The Morgan fingerprint density at radius 1 is 1.08 bits per heavy atom. The van der Waals surface area contributed by atoms with Gasteiger partial charge in [0.1, 0.15) is 5.82 Å². The first-order valence-corrected chi connectivity index (χ1v) is 8.30. The van der Waals surface area contributed by atoms with E-state index >= 15 is 0 Å². The highest BCUT2D eigenvalue weighted by Gasteiger charge is 2.07. The summed E-state index contributed by atoms with van der Waals surface area (Å²) in [5.41, 5.74) is 3.55. The first-order valence-electron chi connectivity index (χ1n) is 7.92. The fourth-order valence-corrected chi connectivity index (χ4v) is 2.61. The third-order valence-electron chi connectivity index (χ3n) is 3.66. The van der Waals surface area contributed by atoms with E-state index in [0.717, 1.165) is 5.82 Å². The number of hydrogen-bond donors (Lipinski definition) is 2. The van der Waals surface area contributed by atoms with Gasteiger partial charge in [-0.05, 0) is 42.8 Å². The Balaban J connectivity index is 1.60. The number of anilines is 2. The zero-order chi connectivity index (χ0) is 17.6. The van der Waals surface area contributed by atoms with E-state index in [4.69, 9.17) is 11.6 Å². The molecule has 0 spiro atoms. The number of hydrogen-bond acceptors (Lipinski definition) is 3. The van der Waals surface area contributed by atoms with Crippen molar-refractivity contribution >= 4 is 29.0 Å². The first-order chi connectivity index (χ1) is 12.1. The van der Waals surface area contributed by atoms with Gasteiger partial charge in [-0.3, -0.25) is 4.79 Å². The Labute approximate surface area is 151 Å². The van der Waals surface area contributed by atoms with Crippen LogP contribution in [0.5, 0.6) is 0 Å². The van der Waals surface area contributed by atoms with Crippen LogP contribution in [-0.4, -0.2) is 10.9 Å². The number of nitrogens with one attached hydrogen (secondary N) is 2. The minimum atomic E-state index is -0.222. The van der Waals surface area contributed by atoms with Crippen molar-refractivity contribution in [3.05, 3.63) is 88.6 Å². The molecule has 0 atom stereocenters. The predicted molar refractivity (Wildman–Crippen MR) is 102 cm³/mol. The summed E-state index contributed by atoms with van der Waals surface area (Å²) in [7, 11) is 0. The molecule has 0 bridgehead atoms. The maximum absolute atomic E-state index is 12.2. The van der Waals surface area contributed by atoms with Gasteiger partial charge in [-0.2, -0.15) is 0 Å². The van der Waals surface area contributed by atoms with Gasteiger partial charge >= 0.3 is 0 Å². The Bertz CT molecular complexity index is 878. The molecule has 0 saturated carbocycles. The van der Waals surface area contributed by atoms with Crippen LogP contribution >= 0.6 is 11.6 Å². The van der Waals surface area contributed by atoms with Crippen molar-refractivity contribution in [2.75, 3.05) is 10.6 Å². The Kier molecular flexibility index (Phi) is 5.31. The largest absolute Gasteiger partial charge is 0.366 e. The summed E-state index contributed by atoms with van der Waals surface area (Å²) in [5.74, 6) is 0.501. The lowest BCUT2D eigenvalue weighted by atomic mass is 10.1. The number of pyridine rings is 1. The molecule has 2 aromatic carbocycles. The lowest BCUT2D eigenvalue weighted by Crippen LogP contribution is -2.12. The molecule has 0 radical (unpaired) electrons. The number of carbonyl (C=O) groups is 1. The van der Waals surface area contributed by atoms with Crippen LogP contribution in [0.3, 0.4) is 0 Å². The molecular formula is C20H18ClN3O. The van der Waals surface area contributed by atoms with Crippen molar-refractivity contribution in [2.45, 2.75) is 13.5 Å². The molecule has 0 saturated heterocycles. The third kappa shape index (κ3) is 4.81. The van der Waals surface area contributed by atoms with Crippen LogP contribution in [0.4, 0.5) is 11.5 Å². The molecule has 2 N–H and O–H groups in total. The van der Waals surface area contributed by atoms with E-state index in [-0.39, 0.29) is 5.91 Å². The van der Waals surface area contributed by atoms with Crippen molar-refractivity contribution < 1.29 is 4.79 Å². The van der Waals surface area contributed by atoms with E-state index in [1.807, 2.05) is 6.07 Å². The van der Waals surface area contributed by atoms with Crippen LogP contribution in [0, 0.1) is 6.92 Å². The van der Waals surface area contributed by atoms with Crippen LogP contribution in [0.25, 0.3) is 0 Å². The minimum absolute atomic E-state index is 0.222. The summed E-state index contributed by atoms with van der Waals surface area (Å²) in [6.07, 6.45) is 1.55. The molecule has 25 heavy (non-hydrogen) atoms. The van der Waals surface area contributed by atoms with Crippen molar-refractivity contribution in [3.8, 4) is 0 Å². The van der Waals surface area contributed by atoms with E-state index in [1.165, 1.54) is 11.1 Å². The van der Waals surface area contributed by atoms with E-state index in [2.05, 4.69) is 40.7 Å². The summed E-state index contributed by atoms with van der Waals surface area (Å²) in [6, 6.07) is 18.8. The molecule has 1 amide bonds. The highest BCUT2D eigenvalue weighted by Crippen LogP contribution is 2.16. The second kappa shape index (κ2) is 7.81. The van der Waals surface area contributed by atoms with Crippen LogP contribution in [-0.2, 0) is 6.54 Å². The van der Waals surface area contributed by atoms with Gasteiger partial charge in [0.15, 0.2) is 0 Å². The molecule has 4 nitrogen and oxygen atoms in total. The Morgan fingerprint density at radius 3 is 2.64 bits per heavy atom. The zero-order valence-electron chi connectivity index (χ0n) is 13.8. The van der Waals surface area contributed by atoms with Gasteiger partial charge < -0.3 is 10.6 Å². The second-order valence-electron chi connectivity index (χ2n) is 5.74. The third-order valence-corrected chi connectivity index (χ3v) is 3.90. The van der Waals surface area contributed by atoms with E-state index in [0.29, 0.717) is 22.8 Å². The molecule has 126 valence electrons.